The van der Waals surface area contributed by atoms with Gasteiger partial charge in [0.1, 0.15) is 6.04 Å². The normalized spacial score (nSPS) is 28.8. The lowest BCUT2D eigenvalue weighted by atomic mass is 9.86. The van der Waals surface area contributed by atoms with Crippen LogP contribution in [0, 0.1) is 5.92 Å². The summed E-state index contributed by atoms with van der Waals surface area (Å²) < 4.78 is 4.64. The average Bonchev–Trinajstić information content (AvgIpc) is 2.52. The molecule has 0 spiro atoms. The highest BCUT2D eigenvalue weighted by molar-refractivity contribution is 5.88. The van der Waals surface area contributed by atoms with Crippen LogP contribution in [0.5, 0.6) is 0 Å². The van der Waals surface area contributed by atoms with Gasteiger partial charge >= 0.3 is 5.97 Å². The molecular formula is C16H27N3O4. The standard InChI is InChI=1S/C16H27N3O4/c1-11-5-3-4-6-12(11)18-14(20)10-19-8-7-17-16(22)13(19)9-15(21)23-2/h11-13H,3-10H2,1-2H3,(H,17,22)(H,18,20)/t11-,12+,13-/m1/s1. The SMILES string of the molecule is COC(=O)C[C@@H]1C(=O)NCCN1CC(=O)N[C@H]1CCCC[C@H]1C. The van der Waals surface area contributed by atoms with Crippen molar-refractivity contribution >= 4 is 17.8 Å². The molecule has 1 saturated carbocycles. The third-order valence-electron chi connectivity index (χ3n) is 4.83. The van der Waals surface area contributed by atoms with Crippen molar-refractivity contribution in [2.24, 2.45) is 5.92 Å². The van der Waals surface area contributed by atoms with Gasteiger partial charge in [-0.1, -0.05) is 19.8 Å². The molecule has 23 heavy (non-hydrogen) atoms. The van der Waals surface area contributed by atoms with Gasteiger partial charge < -0.3 is 15.4 Å². The Morgan fingerprint density at radius 2 is 2.09 bits per heavy atom. The second kappa shape index (κ2) is 8.29. The van der Waals surface area contributed by atoms with Crippen LogP contribution in [0.1, 0.15) is 39.0 Å². The molecule has 1 heterocycles. The van der Waals surface area contributed by atoms with E-state index in [0.717, 1.165) is 19.3 Å². The summed E-state index contributed by atoms with van der Waals surface area (Å²) in [6.45, 7) is 3.35. The van der Waals surface area contributed by atoms with Crippen molar-refractivity contribution in [2.45, 2.75) is 51.1 Å². The number of esters is 1. The molecule has 0 aromatic rings. The maximum atomic E-state index is 12.3. The van der Waals surface area contributed by atoms with Crippen LogP contribution in [-0.4, -0.2) is 61.5 Å². The molecule has 3 atom stereocenters. The Balaban J connectivity index is 1.91. The monoisotopic (exact) mass is 325 g/mol. The molecule has 2 aliphatic rings. The van der Waals surface area contributed by atoms with E-state index < -0.39 is 12.0 Å². The first-order chi connectivity index (χ1) is 11.0. The van der Waals surface area contributed by atoms with E-state index in [1.165, 1.54) is 13.5 Å². The topological polar surface area (TPSA) is 87.7 Å². The van der Waals surface area contributed by atoms with Crippen LogP contribution >= 0.6 is 0 Å². The molecular weight excluding hydrogens is 298 g/mol. The molecule has 7 heteroatoms. The minimum Gasteiger partial charge on any atom is -0.469 e. The van der Waals surface area contributed by atoms with Gasteiger partial charge in [0.2, 0.25) is 11.8 Å². The van der Waals surface area contributed by atoms with Gasteiger partial charge in [0.05, 0.1) is 20.1 Å². The molecule has 2 amide bonds. The third-order valence-corrected chi connectivity index (χ3v) is 4.83. The van der Waals surface area contributed by atoms with Gasteiger partial charge in [-0.3, -0.25) is 19.3 Å². The molecule has 1 aliphatic carbocycles. The molecule has 0 aromatic heterocycles. The van der Waals surface area contributed by atoms with Crippen molar-refractivity contribution in [3.05, 3.63) is 0 Å². The number of amides is 2. The highest BCUT2D eigenvalue weighted by atomic mass is 16.5. The number of carbonyl (C=O) groups is 3. The number of piperazine rings is 1. The first-order valence-corrected chi connectivity index (χ1v) is 8.39. The Morgan fingerprint density at radius 1 is 1.35 bits per heavy atom. The van der Waals surface area contributed by atoms with Gasteiger partial charge in [0.15, 0.2) is 0 Å². The zero-order chi connectivity index (χ0) is 16.8. The Hall–Kier alpha value is -1.63. The van der Waals surface area contributed by atoms with E-state index in [4.69, 9.17) is 0 Å². The maximum absolute atomic E-state index is 12.3. The van der Waals surface area contributed by atoms with Gasteiger partial charge in [-0.25, -0.2) is 0 Å². The van der Waals surface area contributed by atoms with Crippen LogP contribution in [0.25, 0.3) is 0 Å². The number of ether oxygens (including phenoxy) is 1. The second-order valence-corrected chi connectivity index (χ2v) is 6.49. The summed E-state index contributed by atoms with van der Waals surface area (Å²) in [4.78, 5) is 37.6. The molecule has 1 aliphatic heterocycles. The first-order valence-electron chi connectivity index (χ1n) is 8.39. The van der Waals surface area contributed by atoms with E-state index >= 15 is 0 Å². The smallest absolute Gasteiger partial charge is 0.307 e. The lowest BCUT2D eigenvalue weighted by Crippen LogP contribution is -2.58. The number of nitrogens with one attached hydrogen (secondary N) is 2. The quantitative estimate of drug-likeness (QED) is 0.697. The molecule has 0 bridgehead atoms. The number of carbonyl (C=O) groups excluding carboxylic acids is 3. The predicted octanol–water partition coefficient (Wildman–Crippen LogP) is 0.0448. The third kappa shape index (κ3) is 4.92. The Labute approximate surface area is 137 Å². The molecule has 2 fully saturated rings. The Kier molecular flexibility index (Phi) is 6.38. The van der Waals surface area contributed by atoms with E-state index in [1.54, 1.807) is 4.90 Å². The molecule has 130 valence electrons. The van der Waals surface area contributed by atoms with Gasteiger partial charge in [-0.05, 0) is 18.8 Å². The van der Waals surface area contributed by atoms with Crippen molar-refractivity contribution in [3.63, 3.8) is 0 Å². The van der Waals surface area contributed by atoms with E-state index in [2.05, 4.69) is 22.3 Å². The van der Waals surface area contributed by atoms with Crippen LogP contribution in [0.2, 0.25) is 0 Å². The lowest BCUT2D eigenvalue weighted by molar-refractivity contribution is -0.146. The van der Waals surface area contributed by atoms with Gasteiger partial charge in [-0.2, -0.15) is 0 Å². The lowest BCUT2D eigenvalue weighted by Gasteiger charge is -2.35. The van der Waals surface area contributed by atoms with Crippen LogP contribution in [0.4, 0.5) is 0 Å². The zero-order valence-corrected chi connectivity index (χ0v) is 14.0. The first kappa shape index (κ1) is 17.7. The largest absolute Gasteiger partial charge is 0.469 e. The minimum absolute atomic E-state index is 0.0323. The van der Waals surface area contributed by atoms with Gasteiger partial charge in [-0.15, -0.1) is 0 Å². The van der Waals surface area contributed by atoms with Crippen LogP contribution in [-0.2, 0) is 19.1 Å². The van der Waals surface area contributed by atoms with E-state index in [0.29, 0.717) is 19.0 Å². The van der Waals surface area contributed by atoms with Crippen molar-refractivity contribution in [1.82, 2.24) is 15.5 Å². The molecule has 1 saturated heterocycles. The fourth-order valence-electron chi connectivity index (χ4n) is 3.38. The van der Waals surface area contributed by atoms with E-state index in [-0.39, 0.29) is 30.8 Å². The molecule has 0 unspecified atom stereocenters. The molecule has 7 nitrogen and oxygen atoms in total. The van der Waals surface area contributed by atoms with Gasteiger partial charge in [0.25, 0.3) is 0 Å². The fourth-order valence-corrected chi connectivity index (χ4v) is 3.38. The number of hydrogen-bond acceptors (Lipinski definition) is 5. The van der Waals surface area contributed by atoms with Crippen molar-refractivity contribution in [3.8, 4) is 0 Å². The Morgan fingerprint density at radius 3 is 2.78 bits per heavy atom. The zero-order valence-electron chi connectivity index (χ0n) is 14.0. The number of rotatable bonds is 5. The number of nitrogens with zero attached hydrogens (tertiary/aromatic N) is 1. The highest BCUT2D eigenvalue weighted by Gasteiger charge is 2.33. The second-order valence-electron chi connectivity index (χ2n) is 6.49. The summed E-state index contributed by atoms with van der Waals surface area (Å²) in [5.41, 5.74) is 0. The summed E-state index contributed by atoms with van der Waals surface area (Å²) in [5.74, 6) is -0.254. The minimum atomic E-state index is -0.634. The summed E-state index contributed by atoms with van der Waals surface area (Å²) in [5, 5.41) is 5.82. The summed E-state index contributed by atoms with van der Waals surface area (Å²) in [6, 6.07) is -0.417. The molecule has 2 rings (SSSR count). The predicted molar refractivity (Wildman–Crippen MR) is 84.6 cm³/mol. The summed E-state index contributed by atoms with van der Waals surface area (Å²) in [7, 11) is 1.30. The summed E-state index contributed by atoms with van der Waals surface area (Å²) in [6.07, 6.45) is 4.49. The molecule has 0 radical (unpaired) electrons. The highest BCUT2D eigenvalue weighted by Crippen LogP contribution is 2.23. The van der Waals surface area contributed by atoms with E-state index in [1.807, 2.05) is 0 Å². The van der Waals surface area contributed by atoms with Crippen LogP contribution in [0.15, 0.2) is 0 Å². The summed E-state index contributed by atoms with van der Waals surface area (Å²) >= 11 is 0. The van der Waals surface area contributed by atoms with Crippen LogP contribution in [0.3, 0.4) is 0 Å². The average molecular weight is 325 g/mol. The van der Waals surface area contributed by atoms with E-state index in [9.17, 15) is 14.4 Å². The maximum Gasteiger partial charge on any atom is 0.307 e. The number of hydrogen-bond donors (Lipinski definition) is 2. The Bertz CT molecular complexity index is 455. The van der Waals surface area contributed by atoms with Crippen molar-refractivity contribution < 1.29 is 19.1 Å². The molecule has 0 aromatic carbocycles. The van der Waals surface area contributed by atoms with Crippen molar-refractivity contribution in [1.29, 1.82) is 0 Å². The van der Waals surface area contributed by atoms with Crippen LogP contribution < -0.4 is 10.6 Å². The van der Waals surface area contributed by atoms with Crippen molar-refractivity contribution in [2.75, 3.05) is 26.7 Å². The van der Waals surface area contributed by atoms with Gasteiger partial charge in [0, 0.05) is 19.1 Å². The number of methoxy groups -OCH3 is 1. The fraction of sp³-hybridized carbons (Fsp3) is 0.812. The molecule has 2 N–H and O–H groups in total.